The van der Waals surface area contributed by atoms with E-state index in [2.05, 4.69) is 23.2 Å². The van der Waals surface area contributed by atoms with Crippen LogP contribution in [0, 0.1) is 0 Å². The van der Waals surface area contributed by atoms with Crippen LogP contribution in [0.5, 0.6) is 0 Å². The van der Waals surface area contributed by atoms with Crippen LogP contribution in [-0.4, -0.2) is 19.1 Å². The number of hydrogen-bond donors (Lipinski definition) is 1. The SMILES string of the molecule is O=S(O)CC(F)(Cl)Cl. The standard InChI is InChI=1S/C2H3Cl2FO2S/c3-2(4,5)1-8(6)7/h1H2,(H,6,7). The Morgan fingerprint density at radius 3 is 2.12 bits per heavy atom. The third-order valence-corrected chi connectivity index (χ3v) is 1.52. The van der Waals surface area contributed by atoms with E-state index in [1.165, 1.54) is 0 Å². The van der Waals surface area contributed by atoms with Gasteiger partial charge in [0.1, 0.15) is 5.75 Å². The normalized spacial score (nSPS) is 16.0. The average Bonchev–Trinajstić information content (AvgIpc) is 1.21. The molecule has 2 nitrogen and oxygen atoms in total. The molecule has 1 unspecified atom stereocenters. The maximum Gasteiger partial charge on any atom is 0.271 e. The summed E-state index contributed by atoms with van der Waals surface area (Å²) in [7, 11) is 0. The molecule has 1 N–H and O–H groups in total. The second kappa shape index (κ2) is 2.96. The minimum Gasteiger partial charge on any atom is -0.306 e. The highest BCUT2D eigenvalue weighted by Gasteiger charge is 2.24. The van der Waals surface area contributed by atoms with Gasteiger partial charge in [0, 0.05) is 0 Å². The van der Waals surface area contributed by atoms with Crippen molar-refractivity contribution < 1.29 is 13.2 Å². The summed E-state index contributed by atoms with van der Waals surface area (Å²) in [6.07, 6.45) is 0. The molecule has 0 saturated heterocycles. The van der Waals surface area contributed by atoms with E-state index >= 15 is 0 Å². The minimum atomic E-state index is -2.58. The molecule has 50 valence electrons. The van der Waals surface area contributed by atoms with Crippen LogP contribution < -0.4 is 0 Å². The molecule has 0 fully saturated rings. The van der Waals surface area contributed by atoms with E-state index in [1.54, 1.807) is 0 Å². The van der Waals surface area contributed by atoms with Crippen molar-refractivity contribution in [3.05, 3.63) is 0 Å². The number of halogens is 3. The van der Waals surface area contributed by atoms with Gasteiger partial charge in [0.25, 0.3) is 4.59 Å². The fourth-order valence-corrected chi connectivity index (χ4v) is 0.980. The summed E-state index contributed by atoms with van der Waals surface area (Å²) < 4.78 is 26.9. The molecule has 0 amide bonds. The Morgan fingerprint density at radius 2 is 2.12 bits per heavy atom. The molecule has 1 atom stereocenters. The van der Waals surface area contributed by atoms with Crippen LogP contribution in [0.2, 0.25) is 0 Å². The Labute approximate surface area is 58.3 Å². The van der Waals surface area contributed by atoms with Crippen LogP contribution in [0.1, 0.15) is 0 Å². The first kappa shape index (κ1) is 8.62. The van der Waals surface area contributed by atoms with E-state index in [0.29, 0.717) is 0 Å². The Kier molecular flexibility index (Phi) is 3.19. The molecule has 0 aliphatic heterocycles. The molecule has 0 aliphatic rings. The molecule has 6 heteroatoms. The van der Waals surface area contributed by atoms with Crippen LogP contribution in [0.15, 0.2) is 0 Å². The van der Waals surface area contributed by atoms with Gasteiger partial charge in [-0.25, -0.2) is 8.60 Å². The molecule has 0 heterocycles. The Bertz CT molecular complexity index is 101. The monoisotopic (exact) mass is 180 g/mol. The van der Waals surface area contributed by atoms with Gasteiger partial charge >= 0.3 is 0 Å². The second-order valence-corrected chi connectivity index (χ2v) is 3.40. The van der Waals surface area contributed by atoms with Gasteiger partial charge in [0.15, 0.2) is 11.1 Å². The fourth-order valence-electron chi connectivity index (χ4n) is 0.140. The van der Waals surface area contributed by atoms with Gasteiger partial charge in [-0.05, 0) is 0 Å². The zero-order valence-electron chi connectivity index (χ0n) is 3.60. The van der Waals surface area contributed by atoms with Crippen molar-refractivity contribution in [2.24, 2.45) is 0 Å². The maximum atomic E-state index is 11.8. The van der Waals surface area contributed by atoms with Gasteiger partial charge in [0.05, 0.1) is 0 Å². The van der Waals surface area contributed by atoms with E-state index in [0.717, 1.165) is 0 Å². The van der Waals surface area contributed by atoms with Crippen molar-refractivity contribution in [2.75, 3.05) is 5.75 Å². The lowest BCUT2D eigenvalue weighted by Crippen LogP contribution is -2.14. The third-order valence-electron chi connectivity index (χ3n) is 0.287. The number of alkyl halides is 3. The first-order chi connectivity index (χ1) is 3.42. The Morgan fingerprint density at radius 1 is 1.75 bits per heavy atom. The fraction of sp³-hybridized carbons (Fsp3) is 1.00. The van der Waals surface area contributed by atoms with Crippen molar-refractivity contribution in [2.45, 2.75) is 4.59 Å². The van der Waals surface area contributed by atoms with Gasteiger partial charge < -0.3 is 4.55 Å². The van der Waals surface area contributed by atoms with Crippen LogP contribution in [0.25, 0.3) is 0 Å². The van der Waals surface area contributed by atoms with Gasteiger partial charge in [-0.15, -0.1) is 0 Å². The highest BCUT2D eigenvalue weighted by Crippen LogP contribution is 2.22. The molecule has 0 aromatic carbocycles. The largest absolute Gasteiger partial charge is 0.306 e. The molecule has 0 radical (unpaired) electrons. The summed E-state index contributed by atoms with van der Waals surface area (Å²) >= 11 is 7.07. The van der Waals surface area contributed by atoms with Crippen molar-refractivity contribution in [3.8, 4) is 0 Å². The molecule has 0 aromatic rings. The first-order valence-corrected chi connectivity index (χ1v) is 3.59. The zero-order valence-corrected chi connectivity index (χ0v) is 5.93. The van der Waals surface area contributed by atoms with Crippen molar-refractivity contribution in [3.63, 3.8) is 0 Å². The lowest BCUT2D eigenvalue weighted by Gasteiger charge is -2.02. The quantitative estimate of drug-likeness (QED) is 0.515. The Hall–Kier alpha value is 0.620. The molecular formula is C2H3Cl2FO2S. The molecule has 8 heavy (non-hydrogen) atoms. The summed E-state index contributed by atoms with van der Waals surface area (Å²) in [6.45, 7) is 0. The second-order valence-electron chi connectivity index (χ2n) is 1.08. The minimum absolute atomic E-state index is 0.782. The molecule has 0 aromatic heterocycles. The molecule has 0 saturated carbocycles. The summed E-state index contributed by atoms with van der Waals surface area (Å²) in [4.78, 5) is 0. The van der Waals surface area contributed by atoms with Gasteiger partial charge in [0.2, 0.25) is 0 Å². The Balaban J connectivity index is 3.55. The predicted octanol–water partition coefficient (Wildman–Crippen LogP) is 1.31. The lowest BCUT2D eigenvalue weighted by molar-refractivity contribution is 0.419. The van der Waals surface area contributed by atoms with Crippen LogP contribution in [0.3, 0.4) is 0 Å². The molecule has 0 aliphatic carbocycles. The third kappa shape index (κ3) is 6.62. The predicted molar refractivity (Wildman–Crippen MR) is 31.2 cm³/mol. The molecular weight excluding hydrogens is 178 g/mol. The van der Waals surface area contributed by atoms with E-state index in [1.807, 2.05) is 0 Å². The molecule has 0 spiro atoms. The number of hydrogen-bond acceptors (Lipinski definition) is 1. The summed E-state index contributed by atoms with van der Waals surface area (Å²) in [5, 5.41) is 0. The maximum absolute atomic E-state index is 11.8. The molecule has 0 rings (SSSR count). The lowest BCUT2D eigenvalue weighted by atomic mass is 10.9. The topological polar surface area (TPSA) is 37.3 Å². The molecule has 0 bridgehead atoms. The van der Waals surface area contributed by atoms with Crippen LogP contribution in [0.4, 0.5) is 4.39 Å². The van der Waals surface area contributed by atoms with E-state index in [9.17, 15) is 8.60 Å². The van der Waals surface area contributed by atoms with E-state index in [-0.39, 0.29) is 0 Å². The van der Waals surface area contributed by atoms with Gasteiger partial charge in [-0.2, -0.15) is 0 Å². The summed E-state index contributed by atoms with van der Waals surface area (Å²) in [5.41, 5.74) is 0. The van der Waals surface area contributed by atoms with Crippen LogP contribution >= 0.6 is 23.2 Å². The van der Waals surface area contributed by atoms with Crippen LogP contribution in [-0.2, 0) is 11.1 Å². The highest BCUT2D eigenvalue weighted by molar-refractivity contribution is 7.79. The first-order valence-electron chi connectivity index (χ1n) is 1.56. The van der Waals surface area contributed by atoms with Gasteiger partial charge in [-0.1, -0.05) is 23.2 Å². The van der Waals surface area contributed by atoms with Crippen molar-refractivity contribution in [1.29, 1.82) is 0 Å². The van der Waals surface area contributed by atoms with Gasteiger partial charge in [-0.3, -0.25) is 0 Å². The summed E-state index contributed by atoms with van der Waals surface area (Å²) in [6, 6.07) is 0. The smallest absolute Gasteiger partial charge is 0.271 e. The van der Waals surface area contributed by atoms with E-state index in [4.69, 9.17) is 4.55 Å². The number of rotatable bonds is 2. The van der Waals surface area contributed by atoms with Crippen molar-refractivity contribution >= 4 is 34.3 Å². The zero-order chi connectivity index (χ0) is 6.78. The highest BCUT2D eigenvalue weighted by atomic mass is 35.5. The van der Waals surface area contributed by atoms with E-state index < -0.39 is 21.4 Å². The average molecular weight is 181 g/mol. The summed E-state index contributed by atoms with van der Waals surface area (Å²) in [5.74, 6) is -0.782. The van der Waals surface area contributed by atoms with Crippen molar-refractivity contribution in [1.82, 2.24) is 0 Å².